The molecular formula is C32H58O8. The van der Waals surface area contributed by atoms with Crippen molar-refractivity contribution < 1.29 is 38.5 Å². The number of hydrogen-bond acceptors (Lipinski definition) is 8. The normalized spacial score (nSPS) is 13.3. The highest BCUT2D eigenvalue weighted by Gasteiger charge is 2.54. The van der Waals surface area contributed by atoms with Gasteiger partial charge in [-0.1, -0.05) is 117 Å². The summed E-state index contributed by atoms with van der Waals surface area (Å²) in [6.45, 7) is 7.74. The van der Waals surface area contributed by atoms with Gasteiger partial charge in [0.2, 0.25) is 0 Å². The van der Waals surface area contributed by atoms with Crippen LogP contribution in [0.15, 0.2) is 0 Å². The standard InChI is InChI=1S/C32H58O8/c1-5-8-11-14-17-20-23-38-28(34)26-32(37,31(36)40-25-22-19-16-13-10-7-3)29(27(4)33)30(35)39-24-21-18-15-12-9-6-2/h29,37H,5-26H2,1-4H3. The van der Waals surface area contributed by atoms with Crippen LogP contribution in [0.5, 0.6) is 0 Å². The summed E-state index contributed by atoms with van der Waals surface area (Å²) in [5, 5.41) is 11.4. The molecule has 0 aromatic carbocycles. The van der Waals surface area contributed by atoms with Crippen molar-refractivity contribution in [3.8, 4) is 0 Å². The number of carbonyl (C=O) groups excluding carboxylic acids is 4. The van der Waals surface area contributed by atoms with Gasteiger partial charge in [-0.15, -0.1) is 0 Å². The third-order valence-corrected chi connectivity index (χ3v) is 7.12. The van der Waals surface area contributed by atoms with Gasteiger partial charge in [0.25, 0.3) is 0 Å². The molecule has 0 saturated carbocycles. The fraction of sp³-hybridized carbons (Fsp3) is 0.875. The number of esters is 3. The van der Waals surface area contributed by atoms with E-state index in [0.717, 1.165) is 103 Å². The second-order valence-electron chi connectivity index (χ2n) is 11.0. The van der Waals surface area contributed by atoms with Gasteiger partial charge in [-0.25, -0.2) is 4.79 Å². The van der Waals surface area contributed by atoms with Crippen LogP contribution in [0.25, 0.3) is 0 Å². The van der Waals surface area contributed by atoms with Crippen molar-refractivity contribution in [3.05, 3.63) is 0 Å². The predicted octanol–water partition coefficient (Wildman–Crippen LogP) is 7.02. The quantitative estimate of drug-likeness (QED) is 0.0484. The number of carbonyl (C=O) groups is 4. The van der Waals surface area contributed by atoms with Gasteiger partial charge in [-0.05, 0) is 26.2 Å². The lowest BCUT2D eigenvalue weighted by molar-refractivity contribution is -0.187. The van der Waals surface area contributed by atoms with Crippen molar-refractivity contribution in [1.82, 2.24) is 0 Å². The minimum Gasteiger partial charge on any atom is -0.466 e. The molecule has 40 heavy (non-hydrogen) atoms. The first-order chi connectivity index (χ1) is 19.2. The number of hydrogen-bond donors (Lipinski definition) is 1. The average molecular weight is 571 g/mol. The molecule has 0 heterocycles. The molecule has 0 bridgehead atoms. The first-order valence-corrected chi connectivity index (χ1v) is 16.0. The molecule has 0 aromatic heterocycles. The number of ketones is 1. The zero-order valence-corrected chi connectivity index (χ0v) is 25.9. The highest BCUT2D eigenvalue weighted by Crippen LogP contribution is 2.28. The monoisotopic (exact) mass is 570 g/mol. The maximum Gasteiger partial charge on any atom is 0.340 e. The van der Waals surface area contributed by atoms with Crippen LogP contribution in [0, 0.1) is 5.92 Å². The molecule has 0 aromatic rings. The Morgan fingerprint density at radius 2 is 0.950 bits per heavy atom. The molecule has 0 saturated heterocycles. The Hall–Kier alpha value is -1.96. The highest BCUT2D eigenvalue weighted by atomic mass is 16.6. The van der Waals surface area contributed by atoms with Gasteiger partial charge in [0.05, 0.1) is 26.2 Å². The van der Waals surface area contributed by atoms with E-state index in [1.807, 2.05) is 0 Å². The molecule has 8 nitrogen and oxygen atoms in total. The lowest BCUT2D eigenvalue weighted by atomic mass is 9.81. The van der Waals surface area contributed by atoms with Gasteiger partial charge in [0.1, 0.15) is 5.78 Å². The molecule has 0 aliphatic rings. The lowest BCUT2D eigenvalue weighted by Crippen LogP contribution is -2.55. The molecule has 8 heteroatoms. The fourth-order valence-corrected chi connectivity index (χ4v) is 4.64. The molecule has 0 fully saturated rings. The molecule has 0 aliphatic heterocycles. The van der Waals surface area contributed by atoms with Crippen molar-refractivity contribution in [2.75, 3.05) is 19.8 Å². The van der Waals surface area contributed by atoms with Crippen molar-refractivity contribution in [1.29, 1.82) is 0 Å². The van der Waals surface area contributed by atoms with E-state index in [0.29, 0.717) is 19.3 Å². The van der Waals surface area contributed by atoms with E-state index in [1.165, 1.54) is 0 Å². The van der Waals surface area contributed by atoms with E-state index < -0.39 is 41.6 Å². The van der Waals surface area contributed by atoms with Crippen LogP contribution in [-0.2, 0) is 33.4 Å². The number of rotatable bonds is 27. The second-order valence-corrected chi connectivity index (χ2v) is 11.0. The number of ether oxygens (including phenoxy) is 3. The van der Waals surface area contributed by atoms with Crippen molar-refractivity contribution >= 4 is 23.7 Å². The molecular weight excluding hydrogens is 512 g/mol. The zero-order chi connectivity index (χ0) is 30.1. The van der Waals surface area contributed by atoms with Crippen LogP contribution >= 0.6 is 0 Å². The van der Waals surface area contributed by atoms with Crippen LogP contribution in [0.4, 0.5) is 0 Å². The zero-order valence-electron chi connectivity index (χ0n) is 25.9. The van der Waals surface area contributed by atoms with E-state index in [1.54, 1.807) is 0 Å². The van der Waals surface area contributed by atoms with Crippen LogP contribution in [0.2, 0.25) is 0 Å². The van der Waals surface area contributed by atoms with Gasteiger partial charge >= 0.3 is 17.9 Å². The summed E-state index contributed by atoms with van der Waals surface area (Å²) in [6.07, 6.45) is 16.8. The summed E-state index contributed by atoms with van der Waals surface area (Å²) in [4.78, 5) is 51.3. The van der Waals surface area contributed by atoms with Crippen LogP contribution in [0.1, 0.15) is 150 Å². The minimum absolute atomic E-state index is 0.0253. The molecule has 2 atom stereocenters. The Morgan fingerprint density at radius 3 is 1.38 bits per heavy atom. The Kier molecular flexibility index (Phi) is 23.6. The topological polar surface area (TPSA) is 116 Å². The molecule has 0 amide bonds. The van der Waals surface area contributed by atoms with E-state index in [9.17, 15) is 24.3 Å². The first kappa shape index (κ1) is 38.0. The summed E-state index contributed by atoms with van der Waals surface area (Å²) in [5.74, 6) is -5.69. The largest absolute Gasteiger partial charge is 0.466 e. The number of aliphatic hydroxyl groups is 1. The molecule has 0 rings (SSSR count). The summed E-state index contributed by atoms with van der Waals surface area (Å²) >= 11 is 0. The summed E-state index contributed by atoms with van der Waals surface area (Å²) in [6, 6.07) is 0. The maximum atomic E-state index is 13.1. The Balaban J connectivity index is 5.21. The SMILES string of the molecule is CCCCCCCCOC(=O)CC(O)(C(=O)OCCCCCCCC)C(C(C)=O)C(=O)OCCCCCCCC. The van der Waals surface area contributed by atoms with Gasteiger partial charge in [-0.2, -0.15) is 0 Å². The van der Waals surface area contributed by atoms with Crippen LogP contribution < -0.4 is 0 Å². The van der Waals surface area contributed by atoms with Crippen LogP contribution in [-0.4, -0.2) is 54.2 Å². The smallest absolute Gasteiger partial charge is 0.340 e. The molecule has 1 N–H and O–H groups in total. The summed E-state index contributed by atoms with van der Waals surface area (Å²) in [5.41, 5.74) is -2.69. The number of Topliss-reactive ketones (excluding diaryl/α,β-unsaturated/α-hetero) is 1. The van der Waals surface area contributed by atoms with E-state index >= 15 is 0 Å². The minimum atomic E-state index is -2.69. The molecule has 2 unspecified atom stereocenters. The van der Waals surface area contributed by atoms with Crippen LogP contribution in [0.3, 0.4) is 0 Å². The third kappa shape index (κ3) is 17.7. The van der Waals surface area contributed by atoms with Gasteiger partial charge in [0, 0.05) is 0 Å². The summed E-state index contributed by atoms with van der Waals surface area (Å²) < 4.78 is 15.9. The first-order valence-electron chi connectivity index (χ1n) is 16.0. The van der Waals surface area contributed by atoms with Crippen molar-refractivity contribution in [2.24, 2.45) is 5.92 Å². The highest BCUT2D eigenvalue weighted by molar-refractivity contribution is 6.05. The van der Waals surface area contributed by atoms with Gasteiger partial charge in [0.15, 0.2) is 11.5 Å². The Bertz CT molecular complexity index is 692. The van der Waals surface area contributed by atoms with Gasteiger partial charge < -0.3 is 19.3 Å². The molecule has 0 aliphatic carbocycles. The fourth-order valence-electron chi connectivity index (χ4n) is 4.64. The Labute approximate surface area is 243 Å². The van der Waals surface area contributed by atoms with Crippen molar-refractivity contribution in [3.63, 3.8) is 0 Å². The van der Waals surface area contributed by atoms with E-state index in [-0.39, 0.29) is 19.8 Å². The Morgan fingerprint density at radius 1 is 0.575 bits per heavy atom. The average Bonchev–Trinajstić information content (AvgIpc) is 2.91. The molecule has 0 radical (unpaired) electrons. The van der Waals surface area contributed by atoms with E-state index in [4.69, 9.17) is 14.2 Å². The van der Waals surface area contributed by atoms with Crippen molar-refractivity contribution in [2.45, 2.75) is 155 Å². The molecule has 0 spiro atoms. The summed E-state index contributed by atoms with van der Waals surface area (Å²) in [7, 11) is 0. The maximum absolute atomic E-state index is 13.1. The third-order valence-electron chi connectivity index (χ3n) is 7.12. The van der Waals surface area contributed by atoms with E-state index in [2.05, 4.69) is 20.8 Å². The predicted molar refractivity (Wildman–Crippen MR) is 157 cm³/mol. The second kappa shape index (κ2) is 24.8. The molecule has 234 valence electrons. The van der Waals surface area contributed by atoms with Gasteiger partial charge in [-0.3, -0.25) is 14.4 Å². The lowest BCUT2D eigenvalue weighted by Gasteiger charge is -2.30. The number of unbranched alkanes of at least 4 members (excludes halogenated alkanes) is 15.